The number of hydrogen-bond acceptors (Lipinski definition) is 36. The first-order valence-electron chi connectivity index (χ1n) is 39.4. The fourth-order valence-electron chi connectivity index (χ4n) is 12.5. The van der Waals surface area contributed by atoms with Crippen molar-refractivity contribution in [1.29, 1.82) is 0 Å². The van der Waals surface area contributed by atoms with E-state index >= 15 is 0 Å². The Morgan fingerprint density at radius 1 is 0.387 bits per heavy atom. The van der Waals surface area contributed by atoms with Crippen LogP contribution in [0, 0.1) is 40.9 Å². The second kappa shape index (κ2) is 61.4. The van der Waals surface area contributed by atoms with Gasteiger partial charge in [-0.2, -0.15) is 0 Å². The summed E-state index contributed by atoms with van der Waals surface area (Å²) in [6.45, 7) is 5.45. The highest BCUT2D eigenvalue weighted by atomic mass is 31.2. The summed E-state index contributed by atoms with van der Waals surface area (Å²) < 4.78 is 145. The zero-order valence-corrected chi connectivity index (χ0v) is 69.7. The van der Waals surface area contributed by atoms with Crippen molar-refractivity contribution in [2.45, 2.75) is 224 Å². The Balaban J connectivity index is 0.0000207. The van der Waals surface area contributed by atoms with Gasteiger partial charge in [-0.05, 0) is 89.9 Å². The highest BCUT2D eigenvalue weighted by molar-refractivity contribution is 7.46. The van der Waals surface area contributed by atoms with Gasteiger partial charge in [0.15, 0.2) is 0 Å². The van der Waals surface area contributed by atoms with Gasteiger partial charge in [-0.1, -0.05) is 66.2 Å². The van der Waals surface area contributed by atoms with Crippen molar-refractivity contribution in [2.75, 3.05) is 179 Å². The number of phosphoric acid groups is 4. The molecule has 662 valence electrons. The molecule has 0 radical (unpaired) electrons. The van der Waals surface area contributed by atoms with Gasteiger partial charge in [0.05, 0.1) is 153 Å². The Bertz CT molecular complexity index is 2430. The minimum atomic E-state index is -5.13. The third kappa shape index (κ3) is 46.5. The van der Waals surface area contributed by atoms with Gasteiger partial charge in [-0.25, -0.2) is 0 Å². The smallest absolute Gasteiger partial charge is 0.267 e. The molecule has 1 amide bonds. The van der Waals surface area contributed by atoms with Crippen LogP contribution in [0.1, 0.15) is 163 Å². The molecule has 20 atom stereocenters. The van der Waals surface area contributed by atoms with E-state index in [1.165, 1.54) is 6.92 Å². The Morgan fingerprint density at radius 2 is 0.676 bits per heavy atom. The first kappa shape index (κ1) is 106. The molecule has 37 nitrogen and oxygen atoms in total. The van der Waals surface area contributed by atoms with E-state index in [4.69, 9.17) is 78.8 Å². The lowest BCUT2D eigenvalue weighted by Crippen LogP contribution is -2.61. The summed E-state index contributed by atoms with van der Waals surface area (Å²) in [5.41, 5.74) is -1.54. The molecule has 0 aliphatic heterocycles. The van der Waals surface area contributed by atoms with E-state index in [1.807, 2.05) is 13.8 Å². The average molecular weight is 1690 g/mol. The van der Waals surface area contributed by atoms with Crippen LogP contribution in [0.4, 0.5) is 0 Å². The number of rotatable bonds is 69. The van der Waals surface area contributed by atoms with Crippen molar-refractivity contribution >= 4 is 37.2 Å². The highest BCUT2D eigenvalue weighted by Gasteiger charge is 2.45. The van der Waals surface area contributed by atoms with Gasteiger partial charge in [0.2, 0.25) is 5.91 Å². The molecule has 11 N–H and O–H groups in total. The van der Waals surface area contributed by atoms with Gasteiger partial charge in [0.25, 0.3) is 31.3 Å². The molecule has 3 aliphatic carbocycles. The van der Waals surface area contributed by atoms with Gasteiger partial charge < -0.3 is 155 Å². The summed E-state index contributed by atoms with van der Waals surface area (Å²) in [6.07, 6.45) is 0.134. The minimum absolute atomic E-state index is 0.0243. The Kier molecular flexibility index (Phi) is 58.8. The number of carbonyl (C=O) groups excluding carboxylic acids is 1. The molecule has 0 bridgehead atoms. The first-order chi connectivity index (χ1) is 53.0. The third-order valence-electron chi connectivity index (χ3n) is 19.1. The molecule has 0 saturated heterocycles. The zero-order valence-electron chi connectivity index (χ0n) is 66.1. The van der Waals surface area contributed by atoms with E-state index < -0.39 is 122 Å². The standard InChI is InChI=1S/C68H135NO36P4.C2H6/c1-51-58(38-55(42-71)64(77)62(51)75)95-28-11-5-8-14-31-98-106(81,82)101-35-19-25-92-47-68(50-105-109(87,88)104-34-18-24-91-46-54(41-70)45-90-23-17-22-89-4,48-93-26-20-36-102-107(83,84)99-32-15-9-6-12-29-96-59-39-56(43-72)65(78)63(76)52(59)2)49-94-27-21-37-103-108(85,86)100-33-16-10-7-13-30-97-60-40-57(44-73)66(79)67(80)61(60)69-53(3)74;1-2/h51-52,54-67,70-73,75-80H,5-50H2,1-4H3,(H,69,74)(H,81,82)(H,83,84)(H,85,86)(H,87,88);1-2H3/p-4/t51?,52?,54?,55?,56?,57?,58-,59-,60-,61?,62-,63-,64+,65+,66+,67-,68?;/m1./s1. The van der Waals surface area contributed by atoms with Crippen LogP contribution < -0.4 is 24.9 Å². The number of carbonyl (C=O) groups is 1. The molecule has 3 fully saturated rings. The normalized spacial score (nSPS) is 27.4. The molecule has 0 aromatic rings. The summed E-state index contributed by atoms with van der Waals surface area (Å²) in [5.74, 6) is -3.07. The van der Waals surface area contributed by atoms with E-state index in [1.54, 1.807) is 21.0 Å². The lowest BCUT2D eigenvalue weighted by molar-refractivity contribution is -0.230. The zero-order chi connectivity index (χ0) is 82.6. The van der Waals surface area contributed by atoms with Crippen molar-refractivity contribution in [3.63, 3.8) is 0 Å². The van der Waals surface area contributed by atoms with Crippen molar-refractivity contribution in [3.8, 4) is 0 Å². The summed E-state index contributed by atoms with van der Waals surface area (Å²) >= 11 is 0. The largest absolute Gasteiger partial charge is 0.756 e. The second-order valence-electron chi connectivity index (χ2n) is 28.4. The monoisotopic (exact) mass is 1690 g/mol. The lowest BCUT2D eigenvalue weighted by Gasteiger charge is -2.42. The maximum atomic E-state index is 13.4. The molecule has 3 saturated carbocycles. The maximum Gasteiger partial charge on any atom is 0.267 e. The van der Waals surface area contributed by atoms with Crippen LogP contribution in [-0.2, 0) is 102 Å². The molecule has 11 unspecified atom stereocenters. The summed E-state index contributed by atoms with van der Waals surface area (Å²) in [7, 11) is -17.9. The molecular weight excluding hydrogens is 1550 g/mol. The number of phosphoric ester groups is 4. The van der Waals surface area contributed by atoms with Crippen LogP contribution in [0.15, 0.2) is 0 Å². The van der Waals surface area contributed by atoms with Crippen LogP contribution >= 0.6 is 31.3 Å². The fraction of sp³-hybridized carbons (Fsp3) is 0.986. The van der Waals surface area contributed by atoms with Crippen LogP contribution in [0.25, 0.3) is 0 Å². The number of ether oxygens (including phenoxy) is 9. The van der Waals surface area contributed by atoms with Gasteiger partial charge in [0.1, 0.15) is 6.10 Å². The van der Waals surface area contributed by atoms with Crippen molar-refractivity contribution in [2.24, 2.45) is 40.9 Å². The van der Waals surface area contributed by atoms with Gasteiger partial charge in [0, 0.05) is 129 Å². The lowest BCUT2D eigenvalue weighted by atomic mass is 9.77. The number of amides is 1. The van der Waals surface area contributed by atoms with E-state index in [2.05, 4.69) is 5.32 Å². The minimum Gasteiger partial charge on any atom is -0.756 e. The molecule has 0 aromatic carbocycles. The molecule has 0 aromatic heterocycles. The van der Waals surface area contributed by atoms with E-state index in [9.17, 15) is 93.7 Å². The molecular formula is C70H137NO36P4-4. The van der Waals surface area contributed by atoms with Gasteiger partial charge in [-0.3, -0.25) is 23.1 Å². The summed E-state index contributed by atoms with van der Waals surface area (Å²) in [4.78, 5) is 63.4. The molecule has 0 heterocycles. The summed E-state index contributed by atoms with van der Waals surface area (Å²) in [5, 5.41) is 103. The topological polar surface area (TPSA) is 549 Å². The predicted octanol–water partition coefficient (Wildman–Crippen LogP) is 2.11. The van der Waals surface area contributed by atoms with Crippen LogP contribution in [0.5, 0.6) is 0 Å². The first-order valence-corrected chi connectivity index (χ1v) is 45.3. The highest BCUT2D eigenvalue weighted by Crippen LogP contribution is 2.43. The second-order valence-corrected chi connectivity index (χ2v) is 34.0. The maximum absolute atomic E-state index is 13.4. The molecule has 111 heavy (non-hydrogen) atoms. The number of aliphatic hydroxyl groups is 10. The summed E-state index contributed by atoms with van der Waals surface area (Å²) in [6, 6.07) is -0.884. The Labute approximate surface area is 656 Å². The van der Waals surface area contributed by atoms with E-state index in [-0.39, 0.29) is 194 Å². The number of unbranched alkanes of at least 4 members (excludes halogenated alkanes) is 9. The Morgan fingerprint density at radius 3 is 1.00 bits per heavy atom. The Hall–Kier alpha value is -0.850. The van der Waals surface area contributed by atoms with Crippen LogP contribution in [0.3, 0.4) is 0 Å². The van der Waals surface area contributed by atoms with E-state index in [0.29, 0.717) is 123 Å². The number of hydrogen-bond donors (Lipinski definition) is 11. The fourth-order valence-corrected chi connectivity index (χ4v) is 15.7. The van der Waals surface area contributed by atoms with Gasteiger partial charge in [-0.15, -0.1) is 0 Å². The van der Waals surface area contributed by atoms with Crippen LogP contribution in [0.2, 0.25) is 0 Å². The molecule has 3 aliphatic rings. The number of aliphatic hydroxyl groups excluding tert-OH is 10. The molecule has 41 heteroatoms. The third-order valence-corrected chi connectivity index (χ3v) is 23.1. The number of nitrogens with one attached hydrogen (secondary N) is 1. The van der Waals surface area contributed by atoms with Crippen molar-refractivity contribution in [1.82, 2.24) is 5.32 Å². The number of methoxy groups -OCH3 is 1. The van der Waals surface area contributed by atoms with E-state index in [0.717, 1.165) is 0 Å². The quantitative estimate of drug-likeness (QED) is 0.0307. The van der Waals surface area contributed by atoms with Crippen molar-refractivity contribution < 1.29 is 173 Å². The van der Waals surface area contributed by atoms with Crippen LogP contribution in [-0.4, -0.2) is 297 Å². The predicted molar refractivity (Wildman–Crippen MR) is 394 cm³/mol. The van der Waals surface area contributed by atoms with Gasteiger partial charge >= 0.3 is 0 Å². The van der Waals surface area contributed by atoms with Crippen molar-refractivity contribution in [3.05, 3.63) is 0 Å². The molecule has 3 rings (SSSR count). The average Bonchev–Trinajstić information content (AvgIpc) is 0.827. The SMILES string of the molecule is CC.COCCCOCC(CO)COCCCOP(=O)([O-])OCC(COCCCOP(=O)([O-])OCCCCCCO[C@@H]1CC(CO)[C@H](O)[C@H](O)C1C)(COCCCOP(=O)([O-])OCCCCCCO[C@@H]1CC(CO)[C@H](O)[C@H](O)C1C)COCCCOP(=O)([O-])OCCCCCCO[C@@H]1CC(CO)[C@H](O)[C@H](O)C1NC(C)=O. The molecule has 0 spiro atoms.